The van der Waals surface area contributed by atoms with Crippen LogP contribution in [0.5, 0.6) is 0 Å². The van der Waals surface area contributed by atoms with Crippen molar-refractivity contribution in [3.8, 4) is 0 Å². The van der Waals surface area contributed by atoms with Gasteiger partial charge in [-0.05, 0) is 12.1 Å². The lowest BCUT2D eigenvalue weighted by molar-refractivity contribution is 0.904. The molecule has 2 rings (SSSR count). The van der Waals surface area contributed by atoms with E-state index in [0.717, 1.165) is 4.80 Å². The molecule has 0 fully saturated rings. The van der Waals surface area contributed by atoms with E-state index in [1.54, 1.807) is 11.3 Å². The van der Waals surface area contributed by atoms with E-state index in [1.165, 1.54) is 10.2 Å². The maximum absolute atomic E-state index is 4.19. The second kappa shape index (κ2) is 2.75. The summed E-state index contributed by atoms with van der Waals surface area (Å²) in [4.78, 5) is 5.25. The van der Waals surface area contributed by atoms with Crippen molar-refractivity contribution < 1.29 is 0 Å². The molecule has 0 amide bonds. The molecule has 0 aliphatic heterocycles. The van der Waals surface area contributed by atoms with Gasteiger partial charge in [0.15, 0.2) is 4.80 Å². The van der Waals surface area contributed by atoms with E-state index in [-0.39, 0.29) is 0 Å². The standard InChI is InChI=1S/C9H10N2S/c1-10-9-11(2)7-5-3-4-6-8(7)12-9/h3-6H,1-2H3. The van der Waals surface area contributed by atoms with E-state index in [2.05, 4.69) is 33.8 Å². The number of fused-ring (bicyclic) bond motifs is 1. The van der Waals surface area contributed by atoms with Gasteiger partial charge < -0.3 is 4.57 Å². The number of para-hydroxylation sites is 1. The van der Waals surface area contributed by atoms with Crippen molar-refractivity contribution in [2.45, 2.75) is 0 Å². The molecule has 62 valence electrons. The van der Waals surface area contributed by atoms with Crippen LogP contribution in [0.4, 0.5) is 0 Å². The lowest BCUT2D eigenvalue weighted by Crippen LogP contribution is -2.08. The molecule has 1 aromatic carbocycles. The first-order valence-corrected chi connectivity index (χ1v) is 4.62. The number of hydrogen-bond acceptors (Lipinski definition) is 2. The van der Waals surface area contributed by atoms with Crippen molar-refractivity contribution in [3.05, 3.63) is 29.1 Å². The smallest absolute Gasteiger partial charge is 0.185 e. The van der Waals surface area contributed by atoms with Crippen molar-refractivity contribution in [3.63, 3.8) is 0 Å². The molecule has 2 aromatic rings. The maximum atomic E-state index is 4.19. The van der Waals surface area contributed by atoms with Gasteiger partial charge in [-0.15, -0.1) is 0 Å². The van der Waals surface area contributed by atoms with E-state index in [1.807, 2.05) is 14.1 Å². The lowest BCUT2D eigenvalue weighted by Gasteiger charge is -1.92. The highest BCUT2D eigenvalue weighted by atomic mass is 32.1. The van der Waals surface area contributed by atoms with Crippen LogP contribution in [0.3, 0.4) is 0 Å². The first-order chi connectivity index (χ1) is 5.83. The Labute approximate surface area is 74.8 Å². The quantitative estimate of drug-likeness (QED) is 0.585. The molecular weight excluding hydrogens is 168 g/mol. The Kier molecular flexibility index (Phi) is 1.73. The van der Waals surface area contributed by atoms with Gasteiger partial charge in [-0.25, -0.2) is 0 Å². The number of thiazole rings is 1. The summed E-state index contributed by atoms with van der Waals surface area (Å²) in [5, 5.41) is 0. The van der Waals surface area contributed by atoms with Crippen LogP contribution in [-0.4, -0.2) is 11.6 Å². The zero-order chi connectivity index (χ0) is 8.55. The summed E-state index contributed by atoms with van der Waals surface area (Å²) >= 11 is 1.72. The van der Waals surface area contributed by atoms with Crippen molar-refractivity contribution in [1.82, 2.24) is 4.57 Å². The fraction of sp³-hybridized carbons (Fsp3) is 0.222. The SMILES string of the molecule is CN=c1sc2ccccc2n1C. The molecular formula is C9H10N2S. The Morgan fingerprint density at radius 2 is 2.08 bits per heavy atom. The normalized spacial score (nSPS) is 12.7. The monoisotopic (exact) mass is 178 g/mol. The molecule has 0 aliphatic carbocycles. The van der Waals surface area contributed by atoms with Gasteiger partial charge in [0.05, 0.1) is 10.2 Å². The Bertz CT molecular complexity index is 465. The van der Waals surface area contributed by atoms with Gasteiger partial charge in [-0.3, -0.25) is 4.99 Å². The van der Waals surface area contributed by atoms with Crippen LogP contribution in [0.1, 0.15) is 0 Å². The van der Waals surface area contributed by atoms with Gasteiger partial charge in [-0.2, -0.15) is 0 Å². The van der Waals surface area contributed by atoms with Crippen LogP contribution in [-0.2, 0) is 7.05 Å². The van der Waals surface area contributed by atoms with Crippen LogP contribution in [0, 0.1) is 0 Å². The second-order valence-corrected chi connectivity index (χ2v) is 3.64. The number of benzene rings is 1. The predicted octanol–water partition coefficient (Wildman–Crippen LogP) is 1.77. The third-order valence-corrected chi connectivity index (χ3v) is 3.11. The zero-order valence-corrected chi connectivity index (χ0v) is 7.93. The number of rotatable bonds is 0. The first kappa shape index (κ1) is 7.55. The average molecular weight is 178 g/mol. The molecule has 0 unspecified atom stereocenters. The fourth-order valence-corrected chi connectivity index (χ4v) is 2.27. The summed E-state index contributed by atoms with van der Waals surface area (Å²) in [5.41, 5.74) is 1.25. The van der Waals surface area contributed by atoms with Crippen molar-refractivity contribution in [2.75, 3.05) is 7.05 Å². The Balaban J connectivity index is 2.98. The number of aromatic nitrogens is 1. The number of hydrogen-bond donors (Lipinski definition) is 0. The van der Waals surface area contributed by atoms with Gasteiger partial charge in [0.2, 0.25) is 0 Å². The van der Waals surface area contributed by atoms with Gasteiger partial charge in [0, 0.05) is 14.1 Å². The molecule has 3 heteroatoms. The van der Waals surface area contributed by atoms with Crippen molar-refractivity contribution >= 4 is 21.6 Å². The molecule has 0 spiro atoms. The van der Waals surface area contributed by atoms with Crippen molar-refractivity contribution in [1.29, 1.82) is 0 Å². The van der Waals surface area contributed by atoms with Crippen LogP contribution in [0.15, 0.2) is 29.3 Å². The minimum atomic E-state index is 1.07. The highest BCUT2D eigenvalue weighted by Gasteiger charge is 1.98. The third kappa shape index (κ3) is 0.975. The summed E-state index contributed by atoms with van der Waals surface area (Å²) in [6.45, 7) is 0. The zero-order valence-electron chi connectivity index (χ0n) is 7.11. The summed E-state index contributed by atoms with van der Waals surface area (Å²) in [5.74, 6) is 0. The van der Waals surface area contributed by atoms with E-state index in [0.29, 0.717) is 0 Å². The van der Waals surface area contributed by atoms with Crippen LogP contribution < -0.4 is 4.80 Å². The van der Waals surface area contributed by atoms with Crippen LogP contribution >= 0.6 is 11.3 Å². The van der Waals surface area contributed by atoms with E-state index in [4.69, 9.17) is 0 Å². The Morgan fingerprint density at radius 3 is 2.75 bits per heavy atom. The molecule has 2 nitrogen and oxygen atoms in total. The second-order valence-electron chi connectivity index (χ2n) is 2.63. The highest BCUT2D eigenvalue weighted by Crippen LogP contribution is 2.14. The van der Waals surface area contributed by atoms with Gasteiger partial charge in [0.25, 0.3) is 0 Å². The van der Waals surface area contributed by atoms with E-state index >= 15 is 0 Å². The fourth-order valence-electron chi connectivity index (χ4n) is 1.29. The average Bonchev–Trinajstić information content (AvgIpc) is 2.44. The molecule has 0 saturated heterocycles. The third-order valence-electron chi connectivity index (χ3n) is 1.91. The molecule has 0 bridgehead atoms. The molecule has 12 heavy (non-hydrogen) atoms. The molecule has 0 radical (unpaired) electrons. The van der Waals surface area contributed by atoms with Crippen LogP contribution in [0.25, 0.3) is 10.2 Å². The largest absolute Gasteiger partial charge is 0.320 e. The molecule has 0 atom stereocenters. The van der Waals surface area contributed by atoms with Gasteiger partial charge >= 0.3 is 0 Å². The van der Waals surface area contributed by atoms with Crippen LogP contribution in [0.2, 0.25) is 0 Å². The van der Waals surface area contributed by atoms with Crippen molar-refractivity contribution in [2.24, 2.45) is 12.0 Å². The topological polar surface area (TPSA) is 17.3 Å². The van der Waals surface area contributed by atoms with Gasteiger partial charge in [0.1, 0.15) is 0 Å². The molecule has 0 saturated carbocycles. The lowest BCUT2D eigenvalue weighted by atomic mass is 10.3. The molecule has 1 heterocycles. The maximum Gasteiger partial charge on any atom is 0.185 e. The number of nitrogens with zero attached hydrogens (tertiary/aromatic N) is 2. The molecule has 0 N–H and O–H groups in total. The minimum Gasteiger partial charge on any atom is -0.320 e. The predicted molar refractivity (Wildman–Crippen MR) is 52.3 cm³/mol. The first-order valence-electron chi connectivity index (χ1n) is 3.80. The Hall–Kier alpha value is -1.09. The van der Waals surface area contributed by atoms with Gasteiger partial charge in [-0.1, -0.05) is 23.5 Å². The molecule has 1 aromatic heterocycles. The highest BCUT2D eigenvalue weighted by molar-refractivity contribution is 7.16. The summed E-state index contributed by atoms with van der Waals surface area (Å²) < 4.78 is 3.40. The summed E-state index contributed by atoms with van der Waals surface area (Å²) in [6, 6.07) is 8.34. The van der Waals surface area contributed by atoms with E-state index in [9.17, 15) is 0 Å². The Morgan fingerprint density at radius 1 is 1.33 bits per heavy atom. The summed E-state index contributed by atoms with van der Waals surface area (Å²) in [7, 11) is 3.87. The van der Waals surface area contributed by atoms with E-state index < -0.39 is 0 Å². The number of aryl methyl sites for hydroxylation is 1. The molecule has 0 aliphatic rings. The minimum absolute atomic E-state index is 1.07. The summed E-state index contributed by atoms with van der Waals surface area (Å²) in [6.07, 6.45) is 0.